The molecule has 0 fully saturated rings. The van der Waals surface area contributed by atoms with Gasteiger partial charge in [0.1, 0.15) is 5.75 Å². The minimum Gasteiger partial charge on any atom is -0.493 e. The zero-order valence-corrected chi connectivity index (χ0v) is 10.3. The van der Waals surface area contributed by atoms with Gasteiger partial charge in [0.05, 0.1) is 6.61 Å². The van der Waals surface area contributed by atoms with Gasteiger partial charge in [0.25, 0.3) is 0 Å². The van der Waals surface area contributed by atoms with Gasteiger partial charge in [-0.15, -0.1) is 12.4 Å². The SMILES string of the molecule is CNC1CCOc2ccc(Br)cc21.Cl. The fraction of sp³-hybridized carbons (Fsp3) is 0.400. The smallest absolute Gasteiger partial charge is 0.124 e. The van der Waals surface area contributed by atoms with Crippen LogP contribution in [0.5, 0.6) is 5.75 Å². The minimum atomic E-state index is 0. The van der Waals surface area contributed by atoms with Gasteiger partial charge in [-0.1, -0.05) is 15.9 Å². The largest absolute Gasteiger partial charge is 0.493 e. The van der Waals surface area contributed by atoms with Crippen molar-refractivity contribution in [3.8, 4) is 5.75 Å². The highest BCUT2D eigenvalue weighted by Gasteiger charge is 2.19. The molecule has 1 N–H and O–H groups in total. The first-order valence-electron chi connectivity index (χ1n) is 4.41. The van der Waals surface area contributed by atoms with E-state index >= 15 is 0 Å². The first-order chi connectivity index (χ1) is 6.31. The molecule has 1 aromatic rings. The van der Waals surface area contributed by atoms with E-state index < -0.39 is 0 Å². The van der Waals surface area contributed by atoms with Gasteiger partial charge < -0.3 is 10.1 Å². The van der Waals surface area contributed by atoms with Crippen molar-refractivity contribution in [2.45, 2.75) is 12.5 Å². The van der Waals surface area contributed by atoms with Crippen molar-refractivity contribution in [3.63, 3.8) is 0 Å². The Morgan fingerprint density at radius 3 is 3.00 bits per heavy atom. The van der Waals surface area contributed by atoms with E-state index in [0.29, 0.717) is 6.04 Å². The van der Waals surface area contributed by atoms with E-state index in [1.165, 1.54) is 5.56 Å². The summed E-state index contributed by atoms with van der Waals surface area (Å²) < 4.78 is 6.66. The zero-order chi connectivity index (χ0) is 9.26. The summed E-state index contributed by atoms with van der Waals surface area (Å²) in [7, 11) is 1.99. The Labute approximate surface area is 98.6 Å². The Morgan fingerprint density at radius 2 is 2.29 bits per heavy atom. The molecule has 2 rings (SSSR count). The summed E-state index contributed by atoms with van der Waals surface area (Å²) in [5, 5.41) is 3.29. The van der Waals surface area contributed by atoms with E-state index in [0.717, 1.165) is 23.2 Å². The highest BCUT2D eigenvalue weighted by Crippen LogP contribution is 2.33. The van der Waals surface area contributed by atoms with Crippen molar-refractivity contribution < 1.29 is 4.74 Å². The molecule has 78 valence electrons. The number of hydrogen-bond donors (Lipinski definition) is 1. The topological polar surface area (TPSA) is 21.3 Å². The van der Waals surface area contributed by atoms with Crippen molar-refractivity contribution in [2.75, 3.05) is 13.7 Å². The maximum atomic E-state index is 5.55. The maximum absolute atomic E-state index is 5.55. The second kappa shape index (κ2) is 5.01. The highest BCUT2D eigenvalue weighted by molar-refractivity contribution is 9.10. The quantitative estimate of drug-likeness (QED) is 0.853. The van der Waals surface area contributed by atoms with Crippen LogP contribution in [0.25, 0.3) is 0 Å². The van der Waals surface area contributed by atoms with Gasteiger partial charge >= 0.3 is 0 Å². The van der Waals surface area contributed by atoms with Crippen molar-refractivity contribution >= 4 is 28.3 Å². The molecule has 0 bridgehead atoms. The van der Waals surface area contributed by atoms with Gasteiger partial charge in [0.2, 0.25) is 0 Å². The second-order valence-electron chi connectivity index (χ2n) is 3.16. The minimum absolute atomic E-state index is 0. The maximum Gasteiger partial charge on any atom is 0.124 e. The standard InChI is InChI=1S/C10H12BrNO.ClH/c1-12-9-4-5-13-10-3-2-7(11)6-8(9)10;/h2-3,6,9,12H,4-5H2,1H3;1H. The van der Waals surface area contributed by atoms with Gasteiger partial charge in [-0.3, -0.25) is 0 Å². The molecule has 0 saturated heterocycles. The second-order valence-corrected chi connectivity index (χ2v) is 4.08. The fourth-order valence-corrected chi connectivity index (χ4v) is 2.04. The molecular formula is C10H13BrClNO. The molecule has 0 spiro atoms. The van der Waals surface area contributed by atoms with Crippen molar-refractivity contribution in [3.05, 3.63) is 28.2 Å². The molecule has 0 radical (unpaired) electrons. The van der Waals surface area contributed by atoms with E-state index in [-0.39, 0.29) is 12.4 Å². The first-order valence-corrected chi connectivity index (χ1v) is 5.20. The van der Waals surface area contributed by atoms with Crippen molar-refractivity contribution in [1.82, 2.24) is 5.32 Å². The van der Waals surface area contributed by atoms with Crippen LogP contribution < -0.4 is 10.1 Å². The lowest BCUT2D eigenvalue weighted by atomic mass is 10.0. The molecule has 1 aliphatic rings. The summed E-state index contributed by atoms with van der Waals surface area (Å²) in [5.74, 6) is 1.01. The number of halogens is 2. The van der Waals surface area contributed by atoms with Crippen LogP contribution >= 0.6 is 28.3 Å². The molecule has 1 unspecified atom stereocenters. The number of benzene rings is 1. The highest BCUT2D eigenvalue weighted by atomic mass is 79.9. The lowest BCUT2D eigenvalue weighted by molar-refractivity contribution is 0.257. The molecule has 1 heterocycles. The number of ether oxygens (including phenoxy) is 1. The van der Waals surface area contributed by atoms with E-state index in [2.05, 4.69) is 27.3 Å². The molecule has 4 heteroatoms. The Hall–Kier alpha value is -0.250. The Kier molecular flexibility index (Phi) is 4.23. The van der Waals surface area contributed by atoms with E-state index in [1.54, 1.807) is 0 Å². The summed E-state index contributed by atoms with van der Waals surface area (Å²) in [5.41, 5.74) is 1.25. The molecule has 0 aromatic heterocycles. The van der Waals surface area contributed by atoms with E-state index in [4.69, 9.17) is 4.74 Å². The number of nitrogens with one attached hydrogen (secondary N) is 1. The number of fused-ring (bicyclic) bond motifs is 1. The Bertz CT molecular complexity index is 319. The summed E-state index contributed by atoms with van der Waals surface area (Å²) in [6.45, 7) is 0.806. The third-order valence-corrected chi connectivity index (χ3v) is 2.85. The molecule has 2 nitrogen and oxygen atoms in total. The average molecular weight is 279 g/mol. The molecule has 0 aliphatic carbocycles. The van der Waals surface area contributed by atoms with Gasteiger partial charge in [-0.25, -0.2) is 0 Å². The van der Waals surface area contributed by atoms with Crippen LogP contribution in [0, 0.1) is 0 Å². The summed E-state index contributed by atoms with van der Waals surface area (Å²) in [6, 6.07) is 6.58. The van der Waals surface area contributed by atoms with Gasteiger partial charge in [0, 0.05) is 22.5 Å². The van der Waals surface area contributed by atoms with Crippen LogP contribution in [0.15, 0.2) is 22.7 Å². The summed E-state index contributed by atoms with van der Waals surface area (Å²) in [4.78, 5) is 0. The molecule has 0 saturated carbocycles. The van der Waals surface area contributed by atoms with Crippen LogP contribution in [-0.4, -0.2) is 13.7 Å². The van der Waals surface area contributed by atoms with Crippen LogP contribution in [0.4, 0.5) is 0 Å². The van der Waals surface area contributed by atoms with Crippen molar-refractivity contribution in [2.24, 2.45) is 0 Å². The Balaban J connectivity index is 0.000000980. The third-order valence-electron chi connectivity index (χ3n) is 2.36. The van der Waals surface area contributed by atoms with Crippen LogP contribution in [-0.2, 0) is 0 Å². The van der Waals surface area contributed by atoms with Gasteiger partial charge in [-0.05, 0) is 25.2 Å². The molecule has 1 atom stereocenters. The summed E-state index contributed by atoms with van der Waals surface area (Å²) in [6.07, 6.45) is 1.04. The molecule has 1 aliphatic heterocycles. The lowest BCUT2D eigenvalue weighted by Crippen LogP contribution is -2.23. The Morgan fingerprint density at radius 1 is 1.50 bits per heavy atom. The normalized spacial score (nSPS) is 19.1. The molecular weight excluding hydrogens is 265 g/mol. The average Bonchev–Trinajstić information content (AvgIpc) is 2.17. The predicted octanol–water partition coefficient (Wildman–Crippen LogP) is 2.91. The fourth-order valence-electron chi connectivity index (χ4n) is 1.67. The van der Waals surface area contributed by atoms with E-state index in [1.807, 2.05) is 19.2 Å². The van der Waals surface area contributed by atoms with E-state index in [9.17, 15) is 0 Å². The molecule has 14 heavy (non-hydrogen) atoms. The lowest BCUT2D eigenvalue weighted by Gasteiger charge is -2.25. The third kappa shape index (κ3) is 2.22. The van der Waals surface area contributed by atoms with Gasteiger partial charge in [0.15, 0.2) is 0 Å². The monoisotopic (exact) mass is 277 g/mol. The van der Waals surface area contributed by atoms with Crippen LogP contribution in [0.2, 0.25) is 0 Å². The van der Waals surface area contributed by atoms with Crippen LogP contribution in [0.3, 0.4) is 0 Å². The summed E-state index contributed by atoms with van der Waals surface area (Å²) >= 11 is 3.46. The predicted molar refractivity (Wildman–Crippen MR) is 63.3 cm³/mol. The van der Waals surface area contributed by atoms with Gasteiger partial charge in [-0.2, -0.15) is 0 Å². The number of rotatable bonds is 1. The first kappa shape index (κ1) is 11.8. The molecule has 0 amide bonds. The number of hydrogen-bond acceptors (Lipinski definition) is 2. The molecule has 1 aromatic carbocycles. The zero-order valence-electron chi connectivity index (χ0n) is 7.92. The van der Waals surface area contributed by atoms with Crippen LogP contribution in [0.1, 0.15) is 18.0 Å². The van der Waals surface area contributed by atoms with Crippen molar-refractivity contribution in [1.29, 1.82) is 0 Å².